The maximum absolute atomic E-state index is 12.4. The number of non-ortho nitro benzene ring substituents is 1. The second kappa shape index (κ2) is 8.72. The first-order valence-electron chi connectivity index (χ1n) is 8.40. The lowest BCUT2D eigenvalue weighted by Crippen LogP contribution is -2.52. The van der Waals surface area contributed by atoms with Crippen molar-refractivity contribution in [3.63, 3.8) is 0 Å². The van der Waals surface area contributed by atoms with Gasteiger partial charge in [-0.25, -0.2) is 0 Å². The number of benzene rings is 2. The standard InChI is InChI=1S/C18H16Cl2N4O3S/c19-12-1-6-15(16(20)11-12)17(25)21-18(28)23-9-7-22(8-10-23)13-2-4-14(5-3-13)24(26)27/h1-6,11H,7-10H2,(H,21,25,28). The third kappa shape index (κ3) is 4.70. The Balaban J connectivity index is 1.56. The van der Waals surface area contributed by atoms with Gasteiger partial charge in [-0.3, -0.25) is 20.2 Å². The highest BCUT2D eigenvalue weighted by Gasteiger charge is 2.22. The Hall–Kier alpha value is -2.42. The van der Waals surface area contributed by atoms with Crippen LogP contribution in [0.1, 0.15) is 10.4 Å². The molecule has 2 aromatic carbocycles. The number of amides is 1. The predicted octanol–water partition coefficient (Wildman–Crippen LogP) is 3.74. The van der Waals surface area contributed by atoms with E-state index in [1.54, 1.807) is 24.3 Å². The number of nitro benzene ring substituents is 1. The average Bonchev–Trinajstić information content (AvgIpc) is 2.68. The molecule has 1 N–H and O–H groups in total. The largest absolute Gasteiger partial charge is 0.368 e. The van der Waals surface area contributed by atoms with Crippen molar-refractivity contribution in [1.82, 2.24) is 10.2 Å². The molecule has 0 aliphatic carbocycles. The number of carbonyl (C=O) groups is 1. The Kier molecular flexibility index (Phi) is 6.33. The molecule has 3 rings (SSSR count). The number of rotatable bonds is 3. The Morgan fingerprint density at radius 3 is 2.29 bits per heavy atom. The Bertz CT molecular complexity index is 916. The molecule has 1 heterocycles. The lowest BCUT2D eigenvalue weighted by atomic mass is 10.2. The first kappa shape index (κ1) is 20.3. The van der Waals surface area contributed by atoms with E-state index in [1.165, 1.54) is 18.2 Å². The van der Waals surface area contributed by atoms with Crippen molar-refractivity contribution in [1.29, 1.82) is 0 Å². The predicted molar refractivity (Wildman–Crippen MR) is 113 cm³/mol. The van der Waals surface area contributed by atoms with Gasteiger partial charge in [-0.05, 0) is 42.5 Å². The van der Waals surface area contributed by atoms with Gasteiger partial charge in [-0.2, -0.15) is 0 Å². The highest BCUT2D eigenvalue weighted by Crippen LogP contribution is 2.22. The van der Waals surface area contributed by atoms with Gasteiger partial charge in [0.1, 0.15) is 0 Å². The van der Waals surface area contributed by atoms with Gasteiger partial charge in [0.2, 0.25) is 0 Å². The van der Waals surface area contributed by atoms with Gasteiger partial charge < -0.3 is 9.80 Å². The van der Waals surface area contributed by atoms with Crippen LogP contribution in [-0.2, 0) is 0 Å². The van der Waals surface area contributed by atoms with Gasteiger partial charge in [0.15, 0.2) is 5.11 Å². The summed E-state index contributed by atoms with van der Waals surface area (Å²) in [7, 11) is 0. The summed E-state index contributed by atoms with van der Waals surface area (Å²) in [5, 5.41) is 14.5. The highest BCUT2D eigenvalue weighted by atomic mass is 35.5. The van der Waals surface area contributed by atoms with Crippen LogP contribution in [0, 0.1) is 10.1 Å². The van der Waals surface area contributed by atoms with Crippen molar-refractivity contribution in [3.8, 4) is 0 Å². The quantitative estimate of drug-likeness (QED) is 0.446. The van der Waals surface area contributed by atoms with Crippen molar-refractivity contribution in [3.05, 3.63) is 68.2 Å². The molecule has 7 nitrogen and oxygen atoms in total. The van der Waals surface area contributed by atoms with E-state index in [1.807, 2.05) is 4.90 Å². The zero-order chi connectivity index (χ0) is 20.3. The molecule has 10 heteroatoms. The number of piperazine rings is 1. The number of hydrogen-bond acceptors (Lipinski definition) is 5. The van der Waals surface area contributed by atoms with E-state index in [-0.39, 0.29) is 16.6 Å². The molecular weight excluding hydrogens is 423 g/mol. The minimum Gasteiger partial charge on any atom is -0.368 e. The molecule has 1 saturated heterocycles. The number of hydrogen-bond donors (Lipinski definition) is 1. The van der Waals surface area contributed by atoms with Gasteiger partial charge in [-0.15, -0.1) is 0 Å². The fourth-order valence-electron chi connectivity index (χ4n) is 2.87. The number of carbonyl (C=O) groups excluding carboxylic acids is 1. The summed E-state index contributed by atoms with van der Waals surface area (Å²) >= 11 is 17.3. The lowest BCUT2D eigenvalue weighted by molar-refractivity contribution is -0.384. The molecule has 0 aromatic heterocycles. The number of thiocarbonyl (C=S) groups is 1. The molecule has 0 bridgehead atoms. The fourth-order valence-corrected chi connectivity index (χ4v) is 3.64. The number of nitrogens with one attached hydrogen (secondary N) is 1. The third-order valence-corrected chi connectivity index (χ3v) is 5.30. The molecular formula is C18H16Cl2N4O3S. The molecule has 0 atom stereocenters. The van der Waals surface area contributed by atoms with Crippen LogP contribution in [0.3, 0.4) is 0 Å². The molecule has 28 heavy (non-hydrogen) atoms. The van der Waals surface area contributed by atoms with Crippen molar-refractivity contribution in [2.45, 2.75) is 0 Å². The van der Waals surface area contributed by atoms with Crippen LogP contribution in [-0.4, -0.2) is 47.0 Å². The zero-order valence-corrected chi connectivity index (χ0v) is 16.9. The maximum Gasteiger partial charge on any atom is 0.269 e. The Labute approximate surface area is 177 Å². The van der Waals surface area contributed by atoms with Crippen molar-refractivity contribution < 1.29 is 9.72 Å². The molecule has 146 valence electrons. The monoisotopic (exact) mass is 438 g/mol. The maximum atomic E-state index is 12.4. The van der Waals surface area contributed by atoms with E-state index in [9.17, 15) is 14.9 Å². The lowest BCUT2D eigenvalue weighted by Gasteiger charge is -2.37. The first-order chi connectivity index (χ1) is 13.3. The molecule has 1 aliphatic rings. The van der Waals surface area contributed by atoms with Crippen LogP contribution in [0.15, 0.2) is 42.5 Å². The summed E-state index contributed by atoms with van der Waals surface area (Å²) < 4.78 is 0. The number of halogens is 2. The number of anilines is 1. The fraction of sp³-hybridized carbons (Fsp3) is 0.222. The summed E-state index contributed by atoms with van der Waals surface area (Å²) in [6, 6.07) is 11.1. The minimum atomic E-state index is -0.421. The van der Waals surface area contributed by atoms with E-state index in [0.29, 0.717) is 41.9 Å². The third-order valence-electron chi connectivity index (χ3n) is 4.39. The van der Waals surface area contributed by atoms with Crippen molar-refractivity contribution in [2.24, 2.45) is 0 Å². The first-order valence-corrected chi connectivity index (χ1v) is 9.56. The van der Waals surface area contributed by atoms with Gasteiger partial charge in [-0.1, -0.05) is 23.2 Å². The molecule has 2 aromatic rings. The molecule has 1 amide bonds. The van der Waals surface area contributed by atoms with E-state index >= 15 is 0 Å². The second-order valence-electron chi connectivity index (χ2n) is 6.13. The van der Waals surface area contributed by atoms with E-state index in [4.69, 9.17) is 35.4 Å². The van der Waals surface area contributed by atoms with Crippen LogP contribution in [0.25, 0.3) is 0 Å². The summed E-state index contributed by atoms with van der Waals surface area (Å²) in [6.45, 7) is 2.58. The van der Waals surface area contributed by atoms with E-state index in [2.05, 4.69) is 10.2 Å². The van der Waals surface area contributed by atoms with Gasteiger partial charge in [0, 0.05) is 49.0 Å². The Morgan fingerprint density at radius 1 is 1.07 bits per heavy atom. The number of nitrogens with zero attached hydrogens (tertiary/aromatic N) is 3. The van der Waals surface area contributed by atoms with Crippen LogP contribution >= 0.6 is 35.4 Å². The van der Waals surface area contributed by atoms with Gasteiger partial charge in [0.05, 0.1) is 15.5 Å². The second-order valence-corrected chi connectivity index (χ2v) is 7.36. The molecule has 1 fully saturated rings. The highest BCUT2D eigenvalue weighted by molar-refractivity contribution is 7.80. The van der Waals surface area contributed by atoms with E-state index < -0.39 is 4.92 Å². The Morgan fingerprint density at radius 2 is 1.71 bits per heavy atom. The van der Waals surface area contributed by atoms with Crippen LogP contribution in [0.5, 0.6) is 0 Å². The van der Waals surface area contributed by atoms with Gasteiger partial charge in [0.25, 0.3) is 11.6 Å². The topological polar surface area (TPSA) is 78.7 Å². The molecule has 0 saturated carbocycles. The summed E-state index contributed by atoms with van der Waals surface area (Å²) in [4.78, 5) is 26.7. The minimum absolute atomic E-state index is 0.0622. The van der Waals surface area contributed by atoms with Crippen LogP contribution < -0.4 is 10.2 Å². The molecule has 1 aliphatic heterocycles. The smallest absolute Gasteiger partial charge is 0.269 e. The molecule has 0 radical (unpaired) electrons. The normalized spacial score (nSPS) is 13.9. The number of nitro groups is 1. The summed E-state index contributed by atoms with van der Waals surface area (Å²) in [5.41, 5.74) is 1.28. The summed E-state index contributed by atoms with van der Waals surface area (Å²) in [5.74, 6) is -0.385. The van der Waals surface area contributed by atoms with Crippen LogP contribution in [0.2, 0.25) is 10.0 Å². The average molecular weight is 439 g/mol. The van der Waals surface area contributed by atoms with Gasteiger partial charge >= 0.3 is 0 Å². The SMILES string of the molecule is O=C(NC(=S)N1CCN(c2ccc([N+](=O)[O-])cc2)CC1)c1ccc(Cl)cc1Cl. The van der Waals surface area contributed by atoms with E-state index in [0.717, 1.165) is 5.69 Å². The van der Waals surface area contributed by atoms with Crippen molar-refractivity contribution >= 4 is 57.8 Å². The molecule has 0 unspecified atom stereocenters. The summed E-state index contributed by atoms with van der Waals surface area (Å²) in [6.07, 6.45) is 0. The zero-order valence-electron chi connectivity index (χ0n) is 14.6. The van der Waals surface area contributed by atoms with Crippen LogP contribution in [0.4, 0.5) is 11.4 Å². The van der Waals surface area contributed by atoms with Crippen molar-refractivity contribution in [2.75, 3.05) is 31.1 Å². The molecule has 0 spiro atoms.